The summed E-state index contributed by atoms with van der Waals surface area (Å²) in [5.41, 5.74) is -1.05. The number of halogens is 3. The van der Waals surface area contributed by atoms with E-state index in [0.717, 1.165) is 0 Å². The van der Waals surface area contributed by atoms with Crippen molar-refractivity contribution in [2.45, 2.75) is 65.5 Å². The van der Waals surface area contributed by atoms with Gasteiger partial charge in [0.2, 0.25) is 5.91 Å². The Morgan fingerprint density at radius 1 is 1.21 bits per heavy atom. The number of hydrogen-bond acceptors (Lipinski definition) is 5. The van der Waals surface area contributed by atoms with Crippen molar-refractivity contribution in [3.8, 4) is 5.75 Å². The van der Waals surface area contributed by atoms with E-state index in [0.29, 0.717) is 43.5 Å². The molecule has 0 spiro atoms. The third kappa shape index (κ3) is 6.85. The van der Waals surface area contributed by atoms with E-state index in [1.807, 2.05) is 13.8 Å². The lowest BCUT2D eigenvalue weighted by atomic mass is 9.80. The van der Waals surface area contributed by atoms with E-state index in [1.165, 1.54) is 12.1 Å². The van der Waals surface area contributed by atoms with Gasteiger partial charge < -0.3 is 19.3 Å². The monoisotopic (exact) mass is 472 g/mol. The lowest BCUT2D eigenvalue weighted by Gasteiger charge is -2.28. The quantitative estimate of drug-likeness (QED) is 0.421. The van der Waals surface area contributed by atoms with Crippen LogP contribution in [0.25, 0.3) is 11.0 Å². The first-order chi connectivity index (χ1) is 15.4. The van der Waals surface area contributed by atoms with Crippen LogP contribution in [0.5, 0.6) is 5.75 Å². The van der Waals surface area contributed by atoms with E-state index < -0.39 is 23.3 Å². The summed E-state index contributed by atoms with van der Waals surface area (Å²) in [6, 6.07) is 2.79. The number of rotatable bonds is 12. The van der Waals surface area contributed by atoms with Gasteiger partial charge in [0.25, 0.3) is 0 Å². The van der Waals surface area contributed by atoms with Gasteiger partial charge >= 0.3 is 12.1 Å². The largest absolute Gasteiger partial charge is 0.493 e. The zero-order chi connectivity index (χ0) is 24.8. The maximum absolute atomic E-state index is 13.1. The fourth-order valence-corrected chi connectivity index (χ4v) is 3.65. The fourth-order valence-electron chi connectivity index (χ4n) is 3.65. The molecular weight excluding hydrogens is 441 g/mol. The van der Waals surface area contributed by atoms with Gasteiger partial charge in [0, 0.05) is 25.6 Å². The van der Waals surface area contributed by atoms with Gasteiger partial charge in [-0.05, 0) is 36.8 Å². The van der Waals surface area contributed by atoms with Gasteiger partial charge in [-0.15, -0.1) is 0 Å². The zero-order valence-electron chi connectivity index (χ0n) is 19.4. The molecule has 0 aliphatic heterocycles. The lowest BCUT2D eigenvalue weighted by Crippen LogP contribution is -2.34. The number of carboxylic acid groups (broad SMARTS) is 1. The third-order valence-electron chi connectivity index (χ3n) is 5.80. The second kappa shape index (κ2) is 10.9. The number of alkyl halides is 3. The summed E-state index contributed by atoms with van der Waals surface area (Å²) in [6.45, 7) is 6.20. The number of aromatic nitrogens is 1. The summed E-state index contributed by atoms with van der Waals surface area (Å²) in [5, 5.41) is 12.2. The maximum Gasteiger partial charge on any atom is 0.437 e. The zero-order valence-corrected chi connectivity index (χ0v) is 19.4. The number of nitrogens with zero attached hydrogens (tertiary/aromatic N) is 2. The predicted molar refractivity (Wildman–Crippen MR) is 116 cm³/mol. The van der Waals surface area contributed by atoms with Crippen molar-refractivity contribution in [2.75, 3.05) is 20.2 Å². The Morgan fingerprint density at radius 2 is 1.91 bits per heavy atom. The molecule has 0 fully saturated rings. The molecule has 0 saturated carbocycles. The normalized spacial score (nSPS) is 13.7. The van der Waals surface area contributed by atoms with Gasteiger partial charge in [-0.2, -0.15) is 13.2 Å². The summed E-state index contributed by atoms with van der Waals surface area (Å²) in [6.07, 6.45) is -2.32. The molecular formula is C23H31F3N2O5. The summed E-state index contributed by atoms with van der Waals surface area (Å²) in [7, 11) is 1.65. The topological polar surface area (TPSA) is 92.9 Å². The Balaban J connectivity index is 1.99. The Bertz CT molecular complexity index is 973. The van der Waals surface area contributed by atoms with Gasteiger partial charge in [-0.3, -0.25) is 9.59 Å². The van der Waals surface area contributed by atoms with Crippen molar-refractivity contribution in [3.63, 3.8) is 0 Å². The van der Waals surface area contributed by atoms with E-state index in [-0.39, 0.29) is 36.3 Å². The molecule has 33 heavy (non-hydrogen) atoms. The second-order valence-electron chi connectivity index (χ2n) is 8.63. The highest BCUT2D eigenvalue weighted by atomic mass is 19.4. The van der Waals surface area contributed by atoms with Gasteiger partial charge in [-0.25, -0.2) is 0 Å². The molecule has 2 aromatic rings. The average molecular weight is 473 g/mol. The van der Waals surface area contributed by atoms with Crippen LogP contribution in [-0.2, 0) is 22.2 Å². The van der Waals surface area contributed by atoms with Crippen molar-refractivity contribution in [2.24, 2.45) is 5.41 Å². The number of hydrogen-bond donors (Lipinski definition) is 1. The third-order valence-corrected chi connectivity index (χ3v) is 5.80. The van der Waals surface area contributed by atoms with Crippen LogP contribution < -0.4 is 4.74 Å². The lowest BCUT2D eigenvalue weighted by molar-refractivity contribution is -0.142. The highest BCUT2D eigenvalue weighted by Gasteiger charge is 2.37. The van der Waals surface area contributed by atoms with Crippen LogP contribution in [0.3, 0.4) is 0 Å². The molecule has 1 aromatic carbocycles. The molecule has 0 saturated heterocycles. The van der Waals surface area contributed by atoms with Crippen molar-refractivity contribution in [3.05, 3.63) is 23.4 Å². The van der Waals surface area contributed by atoms with Crippen molar-refractivity contribution in [1.82, 2.24) is 10.1 Å². The molecule has 10 heteroatoms. The van der Waals surface area contributed by atoms with Gasteiger partial charge in [0.15, 0.2) is 11.3 Å². The van der Waals surface area contributed by atoms with Gasteiger partial charge in [-0.1, -0.05) is 32.3 Å². The Labute approximate surface area is 190 Å². The number of ether oxygens (including phenoxy) is 1. The van der Waals surface area contributed by atoms with Gasteiger partial charge in [0.05, 0.1) is 18.4 Å². The van der Waals surface area contributed by atoms with Crippen LogP contribution in [0.15, 0.2) is 16.7 Å². The minimum Gasteiger partial charge on any atom is -0.493 e. The molecule has 1 N–H and O–H groups in total. The van der Waals surface area contributed by atoms with Crippen molar-refractivity contribution in [1.29, 1.82) is 0 Å². The maximum atomic E-state index is 13.1. The summed E-state index contributed by atoms with van der Waals surface area (Å²) >= 11 is 0. The number of aliphatic carboxylic acids is 1. The Kier molecular flexibility index (Phi) is 8.74. The molecule has 184 valence electrons. The SMILES string of the molecule is CCCc1c(OCCCN(C)C(=O)CC(C)(CC)CC(=O)O)ccc2c(C(F)(F)F)noc12. The Morgan fingerprint density at radius 3 is 2.48 bits per heavy atom. The Hall–Kier alpha value is -2.78. The summed E-state index contributed by atoms with van der Waals surface area (Å²) in [4.78, 5) is 25.1. The van der Waals surface area contributed by atoms with E-state index in [4.69, 9.17) is 14.4 Å². The van der Waals surface area contributed by atoms with E-state index in [1.54, 1.807) is 18.9 Å². The summed E-state index contributed by atoms with van der Waals surface area (Å²) < 4.78 is 50.2. The number of carbonyl (C=O) groups excluding carboxylic acids is 1. The van der Waals surface area contributed by atoms with Crippen LogP contribution in [0.1, 0.15) is 64.1 Å². The first-order valence-corrected chi connectivity index (χ1v) is 11.0. The van der Waals surface area contributed by atoms with Crippen LogP contribution in [0.2, 0.25) is 0 Å². The first-order valence-electron chi connectivity index (χ1n) is 11.0. The number of benzene rings is 1. The molecule has 1 heterocycles. The van der Waals surface area contributed by atoms with Crippen LogP contribution in [0.4, 0.5) is 13.2 Å². The van der Waals surface area contributed by atoms with Crippen LogP contribution in [-0.4, -0.2) is 47.2 Å². The molecule has 0 aliphatic rings. The number of aryl methyl sites for hydroxylation is 1. The highest BCUT2D eigenvalue weighted by Crippen LogP contribution is 2.38. The minimum absolute atomic E-state index is 0.0752. The molecule has 1 unspecified atom stereocenters. The fraction of sp³-hybridized carbons (Fsp3) is 0.609. The van der Waals surface area contributed by atoms with E-state index in [2.05, 4.69) is 5.16 Å². The minimum atomic E-state index is -4.60. The van der Waals surface area contributed by atoms with Crippen molar-refractivity contribution >= 4 is 22.8 Å². The molecule has 0 aliphatic carbocycles. The number of amides is 1. The van der Waals surface area contributed by atoms with Crippen molar-refractivity contribution < 1.29 is 37.1 Å². The van der Waals surface area contributed by atoms with Gasteiger partial charge in [0.1, 0.15) is 5.75 Å². The van der Waals surface area contributed by atoms with E-state index >= 15 is 0 Å². The molecule has 0 radical (unpaired) electrons. The highest BCUT2D eigenvalue weighted by molar-refractivity contribution is 5.85. The summed E-state index contributed by atoms with van der Waals surface area (Å²) in [5.74, 6) is -0.643. The second-order valence-corrected chi connectivity index (χ2v) is 8.63. The first kappa shape index (κ1) is 26.5. The number of fused-ring (bicyclic) bond motifs is 1. The molecule has 1 aromatic heterocycles. The average Bonchev–Trinajstić information content (AvgIpc) is 3.16. The molecule has 1 amide bonds. The predicted octanol–water partition coefficient (Wildman–Crippen LogP) is 5.31. The smallest absolute Gasteiger partial charge is 0.437 e. The molecule has 1 atom stereocenters. The molecule has 7 nitrogen and oxygen atoms in total. The number of carboxylic acids is 1. The number of carbonyl (C=O) groups is 2. The molecule has 2 rings (SSSR count). The standard InChI is InChI=1S/C23H31F3N2O5/c1-5-8-15-17(10-9-16-20(15)33-27-21(16)23(24,25)26)32-12-7-11-28(4)18(29)13-22(3,6-2)14-19(30)31/h9-10H,5-8,11-14H2,1-4H3,(H,30,31). The molecule has 0 bridgehead atoms. The van der Waals surface area contributed by atoms with Crippen LogP contribution >= 0.6 is 0 Å². The van der Waals surface area contributed by atoms with E-state index in [9.17, 15) is 22.8 Å². The van der Waals surface area contributed by atoms with Crippen LogP contribution in [0, 0.1) is 5.41 Å².